The Balaban J connectivity index is 2.01. The van der Waals surface area contributed by atoms with Crippen LogP contribution in [0.2, 0.25) is 0 Å². The van der Waals surface area contributed by atoms with Crippen LogP contribution in [0.3, 0.4) is 0 Å². The molecule has 0 bridgehead atoms. The second-order valence-corrected chi connectivity index (χ2v) is 6.05. The minimum absolute atomic E-state index is 0.101. The van der Waals surface area contributed by atoms with Crippen LogP contribution in [0.15, 0.2) is 60.7 Å². The molecule has 0 N–H and O–H groups in total. The molecule has 26 heavy (non-hydrogen) atoms. The van der Waals surface area contributed by atoms with E-state index in [1.165, 1.54) is 4.68 Å². The second-order valence-electron chi connectivity index (χ2n) is 6.05. The van der Waals surface area contributed by atoms with Gasteiger partial charge in [-0.15, -0.1) is 5.10 Å². The lowest BCUT2D eigenvalue weighted by Crippen LogP contribution is -2.22. The zero-order chi connectivity index (χ0) is 18.4. The number of carbonyl (C=O) groups excluding carboxylic acids is 1. The van der Waals surface area contributed by atoms with Gasteiger partial charge in [0.1, 0.15) is 0 Å². The van der Waals surface area contributed by atoms with E-state index < -0.39 is 0 Å². The molecule has 0 aliphatic heterocycles. The number of benzene rings is 2. The molecule has 0 saturated carbocycles. The van der Waals surface area contributed by atoms with Gasteiger partial charge in [-0.05, 0) is 18.4 Å². The van der Waals surface area contributed by atoms with Gasteiger partial charge in [0.25, 0.3) is 5.91 Å². The molecule has 1 unspecified atom stereocenters. The summed E-state index contributed by atoms with van der Waals surface area (Å²) in [5.41, 5.74) is 1.81. The molecule has 1 atom stereocenters. The maximum Gasteiger partial charge on any atom is 0.336 e. The Morgan fingerprint density at radius 1 is 1.04 bits per heavy atom. The third-order valence-corrected chi connectivity index (χ3v) is 4.17. The van der Waals surface area contributed by atoms with E-state index in [4.69, 9.17) is 4.74 Å². The molecule has 3 rings (SSSR count). The van der Waals surface area contributed by atoms with Gasteiger partial charge in [0.2, 0.25) is 0 Å². The summed E-state index contributed by atoms with van der Waals surface area (Å²) in [5.74, 6) is 0.131. The first-order chi connectivity index (χ1) is 12.7. The highest BCUT2D eigenvalue weighted by Crippen LogP contribution is 2.26. The Morgan fingerprint density at radius 3 is 2.31 bits per heavy atom. The standard InChI is InChI=1S/C21H23N3O2/c1-3-15-26-21-22-19(17-13-9-6-10-14-17)24(23-21)20(25)18(4-2)16-11-7-5-8-12-16/h5-14,18H,3-4,15H2,1-2H3. The molecule has 2 aromatic carbocycles. The van der Waals surface area contributed by atoms with Crippen molar-refractivity contribution in [2.75, 3.05) is 6.61 Å². The zero-order valence-corrected chi connectivity index (χ0v) is 15.1. The normalized spacial score (nSPS) is 11.9. The maximum absolute atomic E-state index is 13.3. The van der Waals surface area contributed by atoms with Crippen LogP contribution in [0.5, 0.6) is 6.01 Å². The minimum atomic E-state index is -0.278. The lowest BCUT2D eigenvalue weighted by atomic mass is 9.95. The van der Waals surface area contributed by atoms with Crippen molar-refractivity contribution < 1.29 is 9.53 Å². The molecule has 5 nitrogen and oxygen atoms in total. The molecule has 1 heterocycles. The highest BCUT2D eigenvalue weighted by molar-refractivity contribution is 5.88. The van der Waals surface area contributed by atoms with Gasteiger partial charge in [-0.25, -0.2) is 0 Å². The molecular formula is C21H23N3O2. The van der Waals surface area contributed by atoms with E-state index in [0.717, 1.165) is 17.5 Å². The van der Waals surface area contributed by atoms with Crippen molar-refractivity contribution in [1.82, 2.24) is 14.8 Å². The topological polar surface area (TPSA) is 57.0 Å². The van der Waals surface area contributed by atoms with Crippen molar-refractivity contribution in [2.24, 2.45) is 0 Å². The van der Waals surface area contributed by atoms with Crippen LogP contribution >= 0.6 is 0 Å². The summed E-state index contributed by atoms with van der Waals surface area (Å²) in [4.78, 5) is 17.7. The third-order valence-electron chi connectivity index (χ3n) is 4.17. The second kappa shape index (κ2) is 8.43. The highest BCUT2D eigenvalue weighted by Gasteiger charge is 2.26. The highest BCUT2D eigenvalue weighted by atomic mass is 16.5. The van der Waals surface area contributed by atoms with Crippen molar-refractivity contribution in [2.45, 2.75) is 32.6 Å². The number of carbonyl (C=O) groups is 1. The Labute approximate surface area is 153 Å². The average Bonchev–Trinajstić information content (AvgIpc) is 3.13. The number of hydrogen-bond acceptors (Lipinski definition) is 4. The Bertz CT molecular complexity index is 844. The number of rotatable bonds is 7. The zero-order valence-electron chi connectivity index (χ0n) is 15.1. The van der Waals surface area contributed by atoms with Crippen LogP contribution in [0.1, 0.15) is 43.0 Å². The summed E-state index contributed by atoms with van der Waals surface area (Å²) in [6, 6.07) is 19.6. The Kier molecular flexibility index (Phi) is 5.79. The molecule has 0 radical (unpaired) electrons. The maximum atomic E-state index is 13.3. The van der Waals surface area contributed by atoms with Gasteiger partial charge in [0.15, 0.2) is 5.82 Å². The molecule has 0 saturated heterocycles. The number of nitrogens with zero attached hydrogens (tertiary/aromatic N) is 3. The fourth-order valence-corrected chi connectivity index (χ4v) is 2.86. The van der Waals surface area contributed by atoms with E-state index in [-0.39, 0.29) is 17.8 Å². The third kappa shape index (κ3) is 3.82. The summed E-state index contributed by atoms with van der Waals surface area (Å²) in [7, 11) is 0. The molecule has 3 aromatic rings. The van der Waals surface area contributed by atoms with Crippen LogP contribution in [0.25, 0.3) is 11.4 Å². The van der Waals surface area contributed by atoms with Gasteiger partial charge in [0.05, 0.1) is 12.5 Å². The number of ether oxygens (including phenoxy) is 1. The molecule has 0 aliphatic carbocycles. The summed E-state index contributed by atoms with van der Waals surface area (Å²) < 4.78 is 6.96. The van der Waals surface area contributed by atoms with Gasteiger partial charge < -0.3 is 4.74 Å². The van der Waals surface area contributed by atoms with Gasteiger partial charge in [-0.2, -0.15) is 9.67 Å². The predicted octanol–water partition coefficient (Wildman–Crippen LogP) is 4.57. The number of aromatic nitrogens is 3. The molecule has 0 aliphatic rings. The van der Waals surface area contributed by atoms with Crippen LogP contribution in [-0.2, 0) is 0 Å². The van der Waals surface area contributed by atoms with Gasteiger partial charge in [-0.1, -0.05) is 74.5 Å². The summed E-state index contributed by atoms with van der Waals surface area (Å²) in [6.45, 7) is 4.54. The van der Waals surface area contributed by atoms with Crippen molar-refractivity contribution in [1.29, 1.82) is 0 Å². The van der Waals surface area contributed by atoms with E-state index in [0.29, 0.717) is 18.9 Å². The molecule has 0 fully saturated rings. The SMILES string of the molecule is CCCOc1nc(-c2ccccc2)n(C(=O)C(CC)c2ccccc2)n1. The lowest BCUT2D eigenvalue weighted by molar-refractivity contribution is 0.0858. The van der Waals surface area contributed by atoms with E-state index in [9.17, 15) is 4.79 Å². The predicted molar refractivity (Wildman–Crippen MR) is 101 cm³/mol. The van der Waals surface area contributed by atoms with Crippen LogP contribution in [-0.4, -0.2) is 27.3 Å². The first-order valence-electron chi connectivity index (χ1n) is 8.99. The first kappa shape index (κ1) is 17.9. The van der Waals surface area contributed by atoms with Crippen molar-refractivity contribution >= 4 is 5.91 Å². The lowest BCUT2D eigenvalue weighted by Gasteiger charge is -2.14. The largest absolute Gasteiger partial charge is 0.462 e. The van der Waals surface area contributed by atoms with Gasteiger partial charge >= 0.3 is 6.01 Å². The van der Waals surface area contributed by atoms with E-state index in [2.05, 4.69) is 10.1 Å². The molecule has 1 aromatic heterocycles. The first-order valence-corrected chi connectivity index (χ1v) is 8.99. The van der Waals surface area contributed by atoms with E-state index in [1.807, 2.05) is 74.5 Å². The summed E-state index contributed by atoms with van der Waals surface area (Å²) >= 11 is 0. The molecule has 0 amide bonds. The van der Waals surface area contributed by atoms with Gasteiger partial charge in [0, 0.05) is 5.56 Å². The van der Waals surface area contributed by atoms with E-state index >= 15 is 0 Å². The molecule has 5 heteroatoms. The fourth-order valence-electron chi connectivity index (χ4n) is 2.86. The molecular weight excluding hydrogens is 326 g/mol. The monoisotopic (exact) mass is 349 g/mol. The molecule has 0 spiro atoms. The van der Waals surface area contributed by atoms with Crippen molar-refractivity contribution in [3.05, 3.63) is 66.2 Å². The minimum Gasteiger partial charge on any atom is -0.462 e. The smallest absolute Gasteiger partial charge is 0.336 e. The molecule has 134 valence electrons. The van der Waals surface area contributed by atoms with Crippen LogP contribution < -0.4 is 4.74 Å². The quantitative estimate of drug-likeness (QED) is 0.627. The van der Waals surface area contributed by atoms with Crippen molar-refractivity contribution in [3.8, 4) is 17.4 Å². The summed E-state index contributed by atoms with van der Waals surface area (Å²) in [6.07, 6.45) is 1.53. The Hall–Kier alpha value is -2.95. The van der Waals surface area contributed by atoms with Gasteiger partial charge in [-0.3, -0.25) is 4.79 Å². The Morgan fingerprint density at radius 2 is 1.69 bits per heavy atom. The van der Waals surface area contributed by atoms with Crippen LogP contribution in [0.4, 0.5) is 0 Å². The fraction of sp³-hybridized carbons (Fsp3) is 0.286. The van der Waals surface area contributed by atoms with E-state index in [1.54, 1.807) is 0 Å². The average molecular weight is 349 g/mol. The summed E-state index contributed by atoms with van der Waals surface area (Å²) in [5, 5.41) is 4.35. The number of hydrogen-bond donors (Lipinski definition) is 0. The van der Waals surface area contributed by atoms with Crippen LogP contribution in [0, 0.1) is 0 Å². The van der Waals surface area contributed by atoms with Crippen molar-refractivity contribution in [3.63, 3.8) is 0 Å².